The molecule has 0 spiro atoms. The fourth-order valence-electron chi connectivity index (χ4n) is 2.45. The van der Waals surface area contributed by atoms with Crippen molar-refractivity contribution in [3.05, 3.63) is 23.8 Å². The highest BCUT2D eigenvalue weighted by Gasteiger charge is 2.21. The second-order valence-corrected chi connectivity index (χ2v) is 6.77. The third-order valence-electron chi connectivity index (χ3n) is 3.43. The van der Waals surface area contributed by atoms with Crippen molar-refractivity contribution in [3.8, 4) is 0 Å². The highest BCUT2D eigenvalue weighted by Crippen LogP contribution is 2.25. The zero-order chi connectivity index (χ0) is 14.6. The number of fused-ring (bicyclic) bond motifs is 1. The molecule has 6 heteroatoms. The Bertz CT molecular complexity index is 552. The number of ether oxygens (including phenoxy) is 1. The van der Waals surface area contributed by atoms with Gasteiger partial charge in [0.15, 0.2) is 0 Å². The molecule has 1 aromatic carbocycles. The summed E-state index contributed by atoms with van der Waals surface area (Å²) in [5.41, 5.74) is 2.10. The quantitative estimate of drug-likeness (QED) is 0.805. The van der Waals surface area contributed by atoms with E-state index < -0.39 is 10.0 Å². The minimum Gasteiger partial charge on any atom is -0.384 e. The number of rotatable bonds is 7. The number of benzene rings is 1. The van der Waals surface area contributed by atoms with Gasteiger partial charge in [0.05, 0.1) is 11.5 Å². The number of anilines is 1. The zero-order valence-electron chi connectivity index (χ0n) is 12.0. The summed E-state index contributed by atoms with van der Waals surface area (Å²) in [4.78, 5) is 0.308. The van der Waals surface area contributed by atoms with Crippen LogP contribution in [0.4, 0.5) is 5.69 Å². The molecule has 0 aromatic heterocycles. The molecule has 2 N–H and O–H groups in total. The van der Waals surface area contributed by atoms with E-state index in [0.29, 0.717) is 11.5 Å². The van der Waals surface area contributed by atoms with Gasteiger partial charge in [0.2, 0.25) is 10.0 Å². The molecule has 0 saturated carbocycles. The Kier molecular flexibility index (Phi) is 5.01. The van der Waals surface area contributed by atoms with Gasteiger partial charge < -0.3 is 10.1 Å². The van der Waals surface area contributed by atoms with Gasteiger partial charge in [0.25, 0.3) is 0 Å². The molecular weight excluding hydrogens is 276 g/mol. The van der Waals surface area contributed by atoms with Gasteiger partial charge in [-0.05, 0) is 30.5 Å². The van der Waals surface area contributed by atoms with Crippen LogP contribution >= 0.6 is 0 Å². The van der Waals surface area contributed by atoms with Crippen LogP contribution in [0.1, 0.15) is 25.3 Å². The van der Waals surface area contributed by atoms with Crippen LogP contribution in [0.25, 0.3) is 0 Å². The van der Waals surface area contributed by atoms with Gasteiger partial charge in [-0.2, -0.15) is 0 Å². The van der Waals surface area contributed by atoms with Crippen LogP contribution in [-0.4, -0.2) is 34.7 Å². The van der Waals surface area contributed by atoms with Gasteiger partial charge >= 0.3 is 0 Å². The summed E-state index contributed by atoms with van der Waals surface area (Å²) in [5.74, 6) is 0. The van der Waals surface area contributed by atoms with E-state index in [0.717, 1.165) is 31.5 Å². The molecule has 1 aromatic rings. The normalized spacial score (nSPS) is 15.7. The minimum atomic E-state index is -3.50. The van der Waals surface area contributed by atoms with Crippen LogP contribution in [0.2, 0.25) is 0 Å². The van der Waals surface area contributed by atoms with Crippen LogP contribution in [0.15, 0.2) is 23.1 Å². The van der Waals surface area contributed by atoms with E-state index in [9.17, 15) is 8.42 Å². The molecule has 0 aliphatic carbocycles. The lowest BCUT2D eigenvalue weighted by Crippen LogP contribution is -2.37. The van der Waals surface area contributed by atoms with Crippen molar-refractivity contribution >= 4 is 15.7 Å². The van der Waals surface area contributed by atoms with E-state index in [-0.39, 0.29) is 6.04 Å². The molecule has 1 aliphatic rings. The molecule has 0 saturated heterocycles. The Balaban J connectivity index is 2.17. The second-order valence-electron chi connectivity index (χ2n) is 5.06. The van der Waals surface area contributed by atoms with Gasteiger partial charge in [0, 0.05) is 25.4 Å². The Hall–Kier alpha value is -1.11. The second kappa shape index (κ2) is 6.56. The maximum absolute atomic E-state index is 12.4. The van der Waals surface area contributed by atoms with Gasteiger partial charge in [-0.15, -0.1) is 0 Å². The molecule has 112 valence electrons. The fourth-order valence-corrected chi connectivity index (χ4v) is 3.73. The predicted molar refractivity (Wildman–Crippen MR) is 79.5 cm³/mol. The highest BCUT2D eigenvalue weighted by molar-refractivity contribution is 7.89. The number of sulfonamides is 1. The summed E-state index contributed by atoms with van der Waals surface area (Å²) >= 11 is 0. The first-order valence-electron chi connectivity index (χ1n) is 6.95. The van der Waals surface area contributed by atoms with Crippen molar-refractivity contribution in [1.29, 1.82) is 0 Å². The van der Waals surface area contributed by atoms with Crippen LogP contribution in [0.5, 0.6) is 0 Å². The predicted octanol–water partition coefficient (Wildman–Crippen LogP) is 1.75. The third-order valence-corrected chi connectivity index (χ3v) is 4.95. The fraction of sp³-hybridized carbons (Fsp3) is 0.571. The molecular formula is C14H22N2O3S. The van der Waals surface area contributed by atoms with Gasteiger partial charge in [-0.25, -0.2) is 13.1 Å². The first kappa shape index (κ1) is 15.3. The van der Waals surface area contributed by atoms with Crippen molar-refractivity contribution in [2.24, 2.45) is 0 Å². The number of hydrogen-bond donors (Lipinski definition) is 2. The smallest absolute Gasteiger partial charge is 0.240 e. The van der Waals surface area contributed by atoms with Crippen molar-refractivity contribution in [1.82, 2.24) is 4.72 Å². The number of nitrogens with one attached hydrogen (secondary N) is 2. The van der Waals surface area contributed by atoms with E-state index in [2.05, 4.69) is 10.0 Å². The topological polar surface area (TPSA) is 67.4 Å². The Morgan fingerprint density at radius 1 is 1.45 bits per heavy atom. The van der Waals surface area contributed by atoms with Gasteiger partial charge in [-0.3, -0.25) is 0 Å². The molecule has 1 unspecified atom stereocenters. The van der Waals surface area contributed by atoms with Crippen LogP contribution in [-0.2, 0) is 21.2 Å². The summed E-state index contributed by atoms with van der Waals surface area (Å²) in [7, 11) is -1.92. The van der Waals surface area contributed by atoms with Crippen molar-refractivity contribution in [3.63, 3.8) is 0 Å². The molecule has 0 bridgehead atoms. The van der Waals surface area contributed by atoms with Crippen molar-refractivity contribution < 1.29 is 13.2 Å². The SMILES string of the molecule is CCCC(COC)NS(=O)(=O)c1ccc2c(c1)NCC2. The van der Waals surface area contributed by atoms with E-state index in [1.807, 2.05) is 13.0 Å². The van der Waals surface area contributed by atoms with Gasteiger partial charge in [0.1, 0.15) is 0 Å². The number of methoxy groups -OCH3 is 1. The largest absolute Gasteiger partial charge is 0.384 e. The monoisotopic (exact) mass is 298 g/mol. The average molecular weight is 298 g/mol. The van der Waals surface area contributed by atoms with Gasteiger partial charge in [-0.1, -0.05) is 19.4 Å². The molecule has 0 radical (unpaired) electrons. The highest BCUT2D eigenvalue weighted by atomic mass is 32.2. The molecule has 1 aliphatic heterocycles. The molecule has 5 nitrogen and oxygen atoms in total. The first-order valence-corrected chi connectivity index (χ1v) is 8.43. The lowest BCUT2D eigenvalue weighted by molar-refractivity contribution is 0.171. The molecule has 0 fully saturated rings. The van der Waals surface area contributed by atoms with E-state index >= 15 is 0 Å². The molecule has 2 rings (SSSR count). The van der Waals surface area contributed by atoms with E-state index in [1.54, 1.807) is 19.2 Å². The van der Waals surface area contributed by atoms with Crippen LogP contribution in [0, 0.1) is 0 Å². The zero-order valence-corrected chi connectivity index (χ0v) is 12.8. The molecule has 1 heterocycles. The first-order chi connectivity index (χ1) is 9.56. The lowest BCUT2D eigenvalue weighted by atomic mass is 10.2. The van der Waals surface area contributed by atoms with Crippen molar-refractivity contribution in [2.75, 3.05) is 25.6 Å². The molecule has 20 heavy (non-hydrogen) atoms. The maximum atomic E-state index is 12.4. The third kappa shape index (κ3) is 3.50. The Morgan fingerprint density at radius 2 is 2.25 bits per heavy atom. The Morgan fingerprint density at radius 3 is 2.95 bits per heavy atom. The summed E-state index contributed by atoms with van der Waals surface area (Å²) in [6, 6.07) is 5.08. The van der Waals surface area contributed by atoms with Crippen LogP contribution < -0.4 is 10.0 Å². The minimum absolute atomic E-state index is 0.184. The summed E-state index contributed by atoms with van der Waals surface area (Å²) in [6.45, 7) is 3.28. The Labute approximate surface area is 120 Å². The number of hydrogen-bond acceptors (Lipinski definition) is 4. The molecule has 1 atom stereocenters. The summed E-state index contributed by atoms with van der Waals surface area (Å²) in [6.07, 6.45) is 2.61. The van der Waals surface area contributed by atoms with E-state index in [4.69, 9.17) is 4.74 Å². The van der Waals surface area contributed by atoms with E-state index in [1.165, 1.54) is 5.56 Å². The summed E-state index contributed by atoms with van der Waals surface area (Å²) < 4.78 is 32.6. The standard InChI is InChI=1S/C14H22N2O3S/c1-3-4-12(10-19-2)16-20(17,18)13-6-5-11-7-8-15-14(11)9-13/h5-6,9,12,15-16H,3-4,7-8,10H2,1-2H3. The average Bonchev–Trinajstić information content (AvgIpc) is 2.86. The molecule has 0 amide bonds. The van der Waals surface area contributed by atoms with Crippen LogP contribution in [0.3, 0.4) is 0 Å². The lowest BCUT2D eigenvalue weighted by Gasteiger charge is -2.17. The van der Waals surface area contributed by atoms with Crippen molar-refractivity contribution in [2.45, 2.75) is 37.1 Å². The summed E-state index contributed by atoms with van der Waals surface area (Å²) in [5, 5.41) is 3.20. The maximum Gasteiger partial charge on any atom is 0.240 e.